The Morgan fingerprint density at radius 2 is 2.05 bits per heavy atom. The van der Waals surface area contributed by atoms with Gasteiger partial charge in [-0.2, -0.15) is 0 Å². The first kappa shape index (κ1) is 16.5. The summed E-state index contributed by atoms with van der Waals surface area (Å²) in [5.41, 5.74) is 7.84. The maximum Gasteiger partial charge on any atom is 0.234 e. The number of carbonyl (C=O) groups is 1. The predicted octanol–water partition coefficient (Wildman–Crippen LogP) is 2.40. The van der Waals surface area contributed by atoms with Crippen molar-refractivity contribution in [1.29, 1.82) is 0 Å². The first-order valence-corrected chi connectivity index (χ1v) is 7.41. The van der Waals surface area contributed by atoms with Crippen LogP contribution in [0.3, 0.4) is 0 Å². The van der Waals surface area contributed by atoms with Crippen molar-refractivity contribution < 1.29 is 4.79 Å². The number of nitrogen functional groups attached to an aromatic ring is 1. The third kappa shape index (κ3) is 5.61. The van der Waals surface area contributed by atoms with Crippen LogP contribution in [-0.4, -0.2) is 29.9 Å². The Bertz CT molecular complexity index is 420. The molecule has 0 bridgehead atoms. The molecular weight excluding hydrogens is 250 g/mol. The van der Waals surface area contributed by atoms with E-state index < -0.39 is 0 Å². The van der Waals surface area contributed by atoms with Crippen LogP contribution in [0.1, 0.15) is 39.2 Å². The minimum absolute atomic E-state index is 0.0855. The number of rotatable bonds is 8. The Morgan fingerprint density at radius 3 is 2.65 bits per heavy atom. The molecule has 112 valence electrons. The molecule has 0 aliphatic rings. The molecular formula is C16H27N3O. The SMILES string of the molecule is CCCN(CC(=O)NC(C)CC)Cc1ccccc1N. The zero-order valence-electron chi connectivity index (χ0n) is 12.9. The van der Waals surface area contributed by atoms with Gasteiger partial charge in [0, 0.05) is 18.3 Å². The third-order valence-corrected chi connectivity index (χ3v) is 3.38. The number of carbonyl (C=O) groups excluding carboxylic acids is 1. The standard InChI is InChI=1S/C16H27N3O/c1-4-10-19(12-16(20)18-13(3)5-2)11-14-8-6-7-9-15(14)17/h6-9,13H,4-5,10-12,17H2,1-3H3,(H,18,20). The molecule has 0 aliphatic carbocycles. The Morgan fingerprint density at radius 1 is 1.35 bits per heavy atom. The summed E-state index contributed by atoms with van der Waals surface area (Å²) in [4.78, 5) is 14.1. The summed E-state index contributed by atoms with van der Waals surface area (Å²) in [6.45, 7) is 8.24. The van der Waals surface area contributed by atoms with E-state index in [4.69, 9.17) is 5.73 Å². The summed E-state index contributed by atoms with van der Waals surface area (Å²) in [6, 6.07) is 8.06. The lowest BCUT2D eigenvalue weighted by Crippen LogP contribution is -2.41. The smallest absolute Gasteiger partial charge is 0.234 e. The molecule has 1 unspecified atom stereocenters. The van der Waals surface area contributed by atoms with Crippen LogP contribution in [0.5, 0.6) is 0 Å². The fourth-order valence-electron chi connectivity index (χ4n) is 2.07. The van der Waals surface area contributed by atoms with Crippen LogP contribution < -0.4 is 11.1 Å². The molecule has 0 saturated heterocycles. The Labute approximate surface area is 122 Å². The highest BCUT2D eigenvalue weighted by molar-refractivity contribution is 5.78. The summed E-state index contributed by atoms with van der Waals surface area (Å²) in [5, 5.41) is 3.01. The minimum Gasteiger partial charge on any atom is -0.398 e. The summed E-state index contributed by atoms with van der Waals surface area (Å²) in [6.07, 6.45) is 1.97. The molecule has 3 N–H and O–H groups in total. The van der Waals surface area contributed by atoms with Gasteiger partial charge in [0.2, 0.25) is 5.91 Å². The molecule has 1 rings (SSSR count). The third-order valence-electron chi connectivity index (χ3n) is 3.38. The topological polar surface area (TPSA) is 58.4 Å². The summed E-state index contributed by atoms with van der Waals surface area (Å²) < 4.78 is 0. The van der Waals surface area contributed by atoms with Crippen molar-refractivity contribution in [3.63, 3.8) is 0 Å². The van der Waals surface area contributed by atoms with Crippen LogP contribution in [0.4, 0.5) is 5.69 Å². The highest BCUT2D eigenvalue weighted by Crippen LogP contribution is 2.13. The summed E-state index contributed by atoms with van der Waals surface area (Å²) in [7, 11) is 0. The van der Waals surface area contributed by atoms with E-state index in [0.717, 1.165) is 30.6 Å². The molecule has 20 heavy (non-hydrogen) atoms. The second-order valence-corrected chi connectivity index (χ2v) is 5.29. The summed E-state index contributed by atoms with van der Waals surface area (Å²) in [5.74, 6) is 0.0855. The van der Waals surface area contributed by atoms with Gasteiger partial charge in [0.05, 0.1) is 6.54 Å². The Hall–Kier alpha value is -1.55. The molecule has 1 aromatic carbocycles. The second kappa shape index (κ2) is 8.59. The molecule has 0 radical (unpaired) electrons. The number of hydrogen-bond acceptors (Lipinski definition) is 3. The number of hydrogen-bond donors (Lipinski definition) is 2. The lowest BCUT2D eigenvalue weighted by molar-refractivity contribution is -0.123. The van der Waals surface area contributed by atoms with E-state index in [-0.39, 0.29) is 11.9 Å². The number of amides is 1. The van der Waals surface area contributed by atoms with Gasteiger partial charge in [-0.15, -0.1) is 0 Å². The van der Waals surface area contributed by atoms with Gasteiger partial charge in [-0.3, -0.25) is 9.69 Å². The molecule has 0 heterocycles. The van der Waals surface area contributed by atoms with E-state index in [2.05, 4.69) is 24.1 Å². The van der Waals surface area contributed by atoms with Crippen LogP contribution >= 0.6 is 0 Å². The summed E-state index contributed by atoms with van der Waals surface area (Å²) >= 11 is 0. The molecule has 0 saturated carbocycles. The molecule has 0 aromatic heterocycles. The van der Waals surface area contributed by atoms with Crippen molar-refractivity contribution in [2.24, 2.45) is 0 Å². The molecule has 4 heteroatoms. The largest absolute Gasteiger partial charge is 0.398 e. The van der Waals surface area contributed by atoms with Crippen molar-refractivity contribution in [3.05, 3.63) is 29.8 Å². The van der Waals surface area contributed by atoms with Gasteiger partial charge in [0.15, 0.2) is 0 Å². The lowest BCUT2D eigenvalue weighted by Gasteiger charge is -2.23. The first-order valence-electron chi connectivity index (χ1n) is 7.41. The van der Waals surface area contributed by atoms with E-state index >= 15 is 0 Å². The Kier molecular flexibility index (Phi) is 7.09. The molecule has 0 aliphatic heterocycles. The van der Waals surface area contributed by atoms with Gasteiger partial charge in [0.1, 0.15) is 0 Å². The number of nitrogens with zero attached hydrogens (tertiary/aromatic N) is 1. The van der Waals surface area contributed by atoms with Crippen LogP contribution in [0.15, 0.2) is 24.3 Å². The average molecular weight is 277 g/mol. The molecule has 1 atom stereocenters. The lowest BCUT2D eigenvalue weighted by atomic mass is 10.1. The van der Waals surface area contributed by atoms with E-state index in [0.29, 0.717) is 13.1 Å². The van der Waals surface area contributed by atoms with Gasteiger partial charge < -0.3 is 11.1 Å². The number of nitrogens with one attached hydrogen (secondary N) is 1. The van der Waals surface area contributed by atoms with E-state index in [1.165, 1.54) is 0 Å². The fourth-order valence-corrected chi connectivity index (χ4v) is 2.07. The fraction of sp³-hybridized carbons (Fsp3) is 0.562. The van der Waals surface area contributed by atoms with Crippen molar-refractivity contribution in [2.75, 3.05) is 18.8 Å². The van der Waals surface area contributed by atoms with Crippen molar-refractivity contribution in [1.82, 2.24) is 10.2 Å². The first-order chi connectivity index (χ1) is 9.56. The van der Waals surface area contributed by atoms with Gasteiger partial charge in [-0.05, 0) is 37.9 Å². The van der Waals surface area contributed by atoms with Gasteiger partial charge in [0.25, 0.3) is 0 Å². The van der Waals surface area contributed by atoms with Crippen LogP contribution in [-0.2, 0) is 11.3 Å². The van der Waals surface area contributed by atoms with Crippen molar-refractivity contribution >= 4 is 11.6 Å². The normalized spacial score (nSPS) is 12.4. The quantitative estimate of drug-likeness (QED) is 0.717. The highest BCUT2D eigenvalue weighted by atomic mass is 16.2. The molecule has 4 nitrogen and oxygen atoms in total. The molecule has 1 aromatic rings. The van der Waals surface area contributed by atoms with Crippen molar-refractivity contribution in [2.45, 2.75) is 46.2 Å². The van der Waals surface area contributed by atoms with Crippen molar-refractivity contribution in [3.8, 4) is 0 Å². The number of anilines is 1. The molecule has 0 spiro atoms. The van der Waals surface area contributed by atoms with E-state index in [1.807, 2.05) is 31.2 Å². The number of nitrogens with two attached hydrogens (primary N) is 1. The maximum absolute atomic E-state index is 12.0. The average Bonchev–Trinajstić information content (AvgIpc) is 2.41. The minimum atomic E-state index is 0.0855. The predicted molar refractivity (Wildman–Crippen MR) is 84.3 cm³/mol. The monoisotopic (exact) mass is 277 g/mol. The maximum atomic E-state index is 12.0. The number of benzene rings is 1. The van der Waals surface area contributed by atoms with Gasteiger partial charge in [-0.1, -0.05) is 32.0 Å². The van der Waals surface area contributed by atoms with Gasteiger partial charge in [-0.25, -0.2) is 0 Å². The number of para-hydroxylation sites is 1. The van der Waals surface area contributed by atoms with E-state index in [1.54, 1.807) is 0 Å². The van der Waals surface area contributed by atoms with Crippen LogP contribution in [0.2, 0.25) is 0 Å². The zero-order chi connectivity index (χ0) is 15.0. The molecule has 1 amide bonds. The van der Waals surface area contributed by atoms with Crippen LogP contribution in [0, 0.1) is 0 Å². The second-order valence-electron chi connectivity index (χ2n) is 5.29. The molecule has 0 fully saturated rings. The van der Waals surface area contributed by atoms with E-state index in [9.17, 15) is 4.79 Å². The van der Waals surface area contributed by atoms with Crippen LogP contribution in [0.25, 0.3) is 0 Å². The van der Waals surface area contributed by atoms with Gasteiger partial charge >= 0.3 is 0 Å². The highest BCUT2D eigenvalue weighted by Gasteiger charge is 2.13. The Balaban J connectivity index is 2.60. The zero-order valence-corrected chi connectivity index (χ0v) is 12.9.